The lowest BCUT2D eigenvalue weighted by atomic mass is 9.82. The Morgan fingerprint density at radius 3 is 2.22 bits per heavy atom. The fraction of sp³-hybridized carbons (Fsp3) is 0.393. The molecular formula is C28H33N3O5S. The van der Waals surface area contributed by atoms with Crippen LogP contribution < -0.4 is 4.90 Å². The summed E-state index contributed by atoms with van der Waals surface area (Å²) >= 11 is 0. The van der Waals surface area contributed by atoms with Gasteiger partial charge in [-0.25, -0.2) is 17.9 Å². The average Bonchev–Trinajstić information content (AvgIpc) is 3.30. The Labute approximate surface area is 217 Å². The van der Waals surface area contributed by atoms with Crippen molar-refractivity contribution >= 4 is 27.5 Å². The van der Waals surface area contributed by atoms with E-state index in [-0.39, 0.29) is 39.9 Å². The number of hydrogen-bond acceptors (Lipinski definition) is 5. The van der Waals surface area contributed by atoms with Gasteiger partial charge in [-0.2, -0.15) is 0 Å². The van der Waals surface area contributed by atoms with Crippen molar-refractivity contribution in [3.8, 4) is 5.69 Å². The molecule has 1 fully saturated rings. The van der Waals surface area contributed by atoms with Gasteiger partial charge in [-0.3, -0.25) is 9.69 Å². The lowest BCUT2D eigenvalue weighted by Gasteiger charge is -2.32. The predicted molar refractivity (Wildman–Crippen MR) is 142 cm³/mol. The van der Waals surface area contributed by atoms with Gasteiger partial charge in [0, 0.05) is 18.2 Å². The van der Waals surface area contributed by atoms with Crippen LogP contribution in [0.2, 0.25) is 0 Å². The molecule has 37 heavy (non-hydrogen) atoms. The smallest absolute Gasteiger partial charge is 0.341 e. The molecule has 0 spiro atoms. The van der Waals surface area contributed by atoms with Crippen molar-refractivity contribution in [1.29, 1.82) is 0 Å². The SMILES string of the molecule is CC1CCC(C(=O)N(c2nn(-c3ccc(CS(=O)(=O)c4ccccc4)cc3)cc2C(=O)O)C(C)C)CC1. The first-order chi connectivity index (χ1) is 17.6. The highest BCUT2D eigenvalue weighted by atomic mass is 32.2. The third kappa shape index (κ3) is 5.93. The standard InChI is InChI=1S/C28H33N3O5S/c1-19(2)31(27(32)22-13-9-20(3)10-14-22)26-25(28(33)34)17-30(29-26)23-15-11-21(12-16-23)18-37(35,36)24-7-5-4-6-8-24/h4-8,11-12,15-17,19-20,22H,9-10,13-14,18H2,1-3H3,(H,33,34). The topological polar surface area (TPSA) is 110 Å². The van der Waals surface area contributed by atoms with Crippen LogP contribution in [-0.2, 0) is 20.4 Å². The predicted octanol–water partition coefficient (Wildman–Crippen LogP) is 5.11. The van der Waals surface area contributed by atoms with E-state index in [4.69, 9.17) is 0 Å². The molecule has 9 heteroatoms. The molecule has 1 amide bonds. The lowest BCUT2D eigenvalue weighted by molar-refractivity contribution is -0.124. The third-order valence-corrected chi connectivity index (χ3v) is 8.64. The second-order valence-corrected chi connectivity index (χ2v) is 12.1. The molecule has 2 aromatic carbocycles. The number of aromatic nitrogens is 2. The van der Waals surface area contributed by atoms with Gasteiger partial charge >= 0.3 is 5.97 Å². The van der Waals surface area contributed by atoms with Gasteiger partial charge in [-0.05, 0) is 75.3 Å². The number of nitrogens with zero attached hydrogens (tertiary/aromatic N) is 3. The van der Waals surface area contributed by atoms with Crippen LogP contribution in [0.15, 0.2) is 65.7 Å². The summed E-state index contributed by atoms with van der Waals surface area (Å²) in [6, 6.07) is 14.8. The van der Waals surface area contributed by atoms with Crippen molar-refractivity contribution in [2.24, 2.45) is 11.8 Å². The van der Waals surface area contributed by atoms with Gasteiger partial charge in [0.05, 0.1) is 16.3 Å². The first-order valence-corrected chi connectivity index (χ1v) is 14.2. The molecule has 1 aromatic heterocycles. The van der Waals surface area contributed by atoms with E-state index in [1.54, 1.807) is 54.6 Å². The maximum atomic E-state index is 13.5. The van der Waals surface area contributed by atoms with Gasteiger partial charge in [0.25, 0.3) is 0 Å². The Bertz CT molecular complexity index is 1360. The van der Waals surface area contributed by atoms with Crippen LogP contribution >= 0.6 is 0 Å². The van der Waals surface area contributed by atoms with Gasteiger partial charge < -0.3 is 5.11 Å². The van der Waals surface area contributed by atoms with Gasteiger partial charge in [0.1, 0.15) is 5.56 Å². The molecule has 0 radical (unpaired) electrons. The Kier molecular flexibility index (Phi) is 7.82. The summed E-state index contributed by atoms with van der Waals surface area (Å²) in [4.78, 5) is 27.4. The molecule has 1 saturated carbocycles. The van der Waals surface area contributed by atoms with E-state index in [9.17, 15) is 23.1 Å². The third-order valence-electron chi connectivity index (χ3n) is 6.93. The van der Waals surface area contributed by atoms with Crippen molar-refractivity contribution in [1.82, 2.24) is 9.78 Å². The van der Waals surface area contributed by atoms with E-state index in [2.05, 4.69) is 12.0 Å². The van der Waals surface area contributed by atoms with E-state index in [1.165, 1.54) is 15.8 Å². The van der Waals surface area contributed by atoms with E-state index < -0.39 is 15.8 Å². The Balaban J connectivity index is 1.61. The van der Waals surface area contributed by atoms with Crippen LogP contribution in [0.1, 0.15) is 62.4 Å². The maximum absolute atomic E-state index is 13.5. The van der Waals surface area contributed by atoms with Crippen LogP contribution in [0.25, 0.3) is 5.69 Å². The molecule has 3 aromatic rings. The Morgan fingerprint density at radius 2 is 1.65 bits per heavy atom. The largest absolute Gasteiger partial charge is 0.477 e. The Hall–Kier alpha value is -3.46. The number of carbonyl (C=O) groups excluding carboxylic acids is 1. The molecule has 0 unspecified atom stereocenters. The van der Waals surface area contributed by atoms with Gasteiger partial charge in [-0.1, -0.05) is 37.3 Å². The van der Waals surface area contributed by atoms with Crippen LogP contribution in [0.3, 0.4) is 0 Å². The molecule has 1 aliphatic rings. The molecule has 1 heterocycles. The summed E-state index contributed by atoms with van der Waals surface area (Å²) in [6.07, 6.45) is 4.95. The molecule has 0 bridgehead atoms. The highest BCUT2D eigenvalue weighted by Gasteiger charge is 2.34. The average molecular weight is 524 g/mol. The van der Waals surface area contributed by atoms with Crippen molar-refractivity contribution in [2.75, 3.05) is 4.90 Å². The van der Waals surface area contributed by atoms with Crippen molar-refractivity contribution in [3.63, 3.8) is 0 Å². The summed E-state index contributed by atoms with van der Waals surface area (Å²) in [6.45, 7) is 5.90. The summed E-state index contributed by atoms with van der Waals surface area (Å²) in [5, 5.41) is 14.4. The van der Waals surface area contributed by atoms with E-state index in [0.717, 1.165) is 25.7 Å². The molecule has 196 valence electrons. The van der Waals surface area contributed by atoms with Crippen molar-refractivity contribution in [3.05, 3.63) is 71.9 Å². The molecule has 0 aliphatic heterocycles. The van der Waals surface area contributed by atoms with E-state index in [0.29, 0.717) is 17.2 Å². The lowest BCUT2D eigenvalue weighted by Crippen LogP contribution is -2.43. The number of carboxylic acid groups (broad SMARTS) is 1. The van der Waals surface area contributed by atoms with Crippen LogP contribution in [0.4, 0.5) is 5.82 Å². The number of carboxylic acids is 1. The number of rotatable bonds is 8. The zero-order valence-electron chi connectivity index (χ0n) is 21.4. The zero-order valence-corrected chi connectivity index (χ0v) is 22.2. The molecule has 0 saturated heterocycles. The van der Waals surface area contributed by atoms with Gasteiger partial charge in [0.2, 0.25) is 5.91 Å². The number of benzene rings is 2. The van der Waals surface area contributed by atoms with Crippen LogP contribution in [-0.4, -0.2) is 41.2 Å². The number of carbonyl (C=O) groups is 2. The Morgan fingerprint density at radius 1 is 1.03 bits per heavy atom. The summed E-state index contributed by atoms with van der Waals surface area (Å²) in [7, 11) is -3.49. The van der Waals surface area contributed by atoms with E-state index in [1.807, 2.05) is 13.8 Å². The molecule has 1 N–H and O–H groups in total. The number of hydrogen-bond donors (Lipinski definition) is 1. The molecule has 1 aliphatic carbocycles. The van der Waals surface area contributed by atoms with Crippen LogP contribution in [0.5, 0.6) is 0 Å². The maximum Gasteiger partial charge on any atom is 0.341 e. The molecule has 0 atom stereocenters. The summed E-state index contributed by atoms with van der Waals surface area (Å²) in [5.41, 5.74) is 1.11. The summed E-state index contributed by atoms with van der Waals surface area (Å²) in [5.74, 6) is -0.828. The van der Waals surface area contributed by atoms with Crippen LogP contribution in [0, 0.1) is 11.8 Å². The van der Waals surface area contributed by atoms with Gasteiger partial charge in [-0.15, -0.1) is 5.10 Å². The van der Waals surface area contributed by atoms with E-state index >= 15 is 0 Å². The highest BCUT2D eigenvalue weighted by Crippen LogP contribution is 2.33. The fourth-order valence-electron chi connectivity index (χ4n) is 4.81. The normalized spacial score (nSPS) is 18.1. The quantitative estimate of drug-likeness (QED) is 0.439. The number of aromatic carboxylic acids is 1. The fourth-order valence-corrected chi connectivity index (χ4v) is 6.18. The first-order valence-electron chi connectivity index (χ1n) is 12.6. The zero-order chi connectivity index (χ0) is 26.7. The summed E-state index contributed by atoms with van der Waals surface area (Å²) < 4.78 is 26.9. The highest BCUT2D eigenvalue weighted by molar-refractivity contribution is 7.90. The van der Waals surface area contributed by atoms with Crippen molar-refractivity contribution < 1.29 is 23.1 Å². The minimum atomic E-state index is -3.49. The van der Waals surface area contributed by atoms with Gasteiger partial charge in [0.15, 0.2) is 15.7 Å². The number of amides is 1. The molecular weight excluding hydrogens is 490 g/mol. The molecule has 8 nitrogen and oxygen atoms in total. The number of sulfone groups is 1. The molecule has 4 rings (SSSR count). The monoisotopic (exact) mass is 523 g/mol. The second kappa shape index (κ2) is 10.9. The van der Waals surface area contributed by atoms with Crippen molar-refractivity contribution in [2.45, 2.75) is 63.1 Å². The minimum absolute atomic E-state index is 0.0537. The second-order valence-electron chi connectivity index (χ2n) is 10.1. The minimum Gasteiger partial charge on any atom is -0.477 e. The number of anilines is 1. The first kappa shape index (κ1) is 26.6.